The molecule has 5 heteroatoms. The van der Waals surface area contributed by atoms with Crippen LogP contribution in [0.1, 0.15) is 23.6 Å². The van der Waals surface area contributed by atoms with Gasteiger partial charge in [0, 0.05) is 11.3 Å². The molecule has 0 aromatic carbocycles. The van der Waals surface area contributed by atoms with Crippen molar-refractivity contribution < 1.29 is 9.53 Å². The monoisotopic (exact) mass is 258 g/mol. The van der Waals surface area contributed by atoms with Gasteiger partial charge in [-0.1, -0.05) is 6.07 Å². The molecule has 1 aliphatic carbocycles. The lowest BCUT2D eigenvalue weighted by Crippen LogP contribution is -2.20. The molecule has 0 saturated carbocycles. The van der Waals surface area contributed by atoms with E-state index in [1.807, 2.05) is 17.5 Å². The highest BCUT2D eigenvalue weighted by atomic mass is 32.1. The van der Waals surface area contributed by atoms with Gasteiger partial charge >= 0.3 is 0 Å². The van der Waals surface area contributed by atoms with Crippen molar-refractivity contribution in [2.45, 2.75) is 18.8 Å². The molecule has 0 saturated heterocycles. The number of hydrogen-bond acceptors (Lipinski definition) is 5. The fraction of sp³-hybridized carbons (Fsp3) is 0.231. The van der Waals surface area contributed by atoms with Gasteiger partial charge in [-0.05, 0) is 23.4 Å². The van der Waals surface area contributed by atoms with Crippen molar-refractivity contribution in [1.29, 1.82) is 5.26 Å². The van der Waals surface area contributed by atoms with Crippen LogP contribution < -0.4 is 5.73 Å². The number of rotatable bonds is 1. The third-order valence-electron chi connectivity index (χ3n) is 3.23. The largest absolute Gasteiger partial charge is 0.437 e. The smallest absolute Gasteiger partial charge is 0.205 e. The van der Waals surface area contributed by atoms with E-state index in [1.54, 1.807) is 11.3 Å². The van der Waals surface area contributed by atoms with Crippen molar-refractivity contribution in [2.24, 2.45) is 5.73 Å². The molecule has 1 atom stereocenters. The number of hydrogen-bond donors (Lipinski definition) is 1. The van der Waals surface area contributed by atoms with Crippen molar-refractivity contribution in [1.82, 2.24) is 0 Å². The summed E-state index contributed by atoms with van der Waals surface area (Å²) in [5.41, 5.74) is 7.06. The van der Waals surface area contributed by atoms with Crippen LogP contribution in [0.4, 0.5) is 0 Å². The Morgan fingerprint density at radius 1 is 1.50 bits per heavy atom. The van der Waals surface area contributed by atoms with Gasteiger partial charge in [0.05, 0.1) is 5.92 Å². The van der Waals surface area contributed by atoms with Crippen molar-refractivity contribution in [2.75, 3.05) is 0 Å². The summed E-state index contributed by atoms with van der Waals surface area (Å²) >= 11 is 1.56. The van der Waals surface area contributed by atoms with Gasteiger partial charge in [0.1, 0.15) is 11.6 Å². The van der Waals surface area contributed by atoms with Gasteiger partial charge in [-0.3, -0.25) is 4.79 Å². The van der Waals surface area contributed by atoms with Crippen LogP contribution in [0.2, 0.25) is 0 Å². The van der Waals surface area contributed by atoms with E-state index in [9.17, 15) is 10.1 Å². The molecule has 0 amide bonds. The van der Waals surface area contributed by atoms with E-state index in [-0.39, 0.29) is 17.6 Å². The molecule has 0 fully saturated rings. The number of ketones is 1. The van der Waals surface area contributed by atoms with Crippen LogP contribution in [0.5, 0.6) is 0 Å². The van der Waals surface area contributed by atoms with Gasteiger partial charge in [0.25, 0.3) is 0 Å². The molecule has 4 nitrogen and oxygen atoms in total. The molecular weight excluding hydrogens is 248 g/mol. The molecule has 0 bridgehead atoms. The van der Waals surface area contributed by atoms with E-state index in [0.717, 1.165) is 10.5 Å². The molecule has 18 heavy (non-hydrogen) atoms. The zero-order valence-corrected chi connectivity index (χ0v) is 10.3. The maximum atomic E-state index is 11.7. The maximum Gasteiger partial charge on any atom is 0.205 e. The Hall–Kier alpha value is -2.06. The summed E-state index contributed by atoms with van der Waals surface area (Å²) in [6.07, 6.45) is 1.09. The van der Waals surface area contributed by atoms with Gasteiger partial charge in [-0.2, -0.15) is 5.26 Å². The van der Waals surface area contributed by atoms with E-state index in [4.69, 9.17) is 10.5 Å². The Balaban J connectivity index is 2.16. The van der Waals surface area contributed by atoms with Crippen LogP contribution in [-0.4, -0.2) is 5.78 Å². The Morgan fingerprint density at radius 3 is 3.00 bits per heavy atom. The number of Topliss-reactive ketones (excluding diaryl/α,β-unsaturated/α-hetero) is 1. The van der Waals surface area contributed by atoms with E-state index in [0.29, 0.717) is 24.2 Å². The summed E-state index contributed by atoms with van der Waals surface area (Å²) in [6.45, 7) is 0. The third kappa shape index (κ3) is 1.46. The van der Waals surface area contributed by atoms with Gasteiger partial charge in [0.15, 0.2) is 11.5 Å². The van der Waals surface area contributed by atoms with Crippen LogP contribution in [-0.2, 0) is 9.53 Å². The third-order valence-corrected chi connectivity index (χ3v) is 4.17. The second kappa shape index (κ2) is 4.00. The molecule has 1 aliphatic heterocycles. The summed E-state index contributed by atoms with van der Waals surface area (Å²) < 4.78 is 5.32. The second-order valence-electron chi connectivity index (χ2n) is 4.22. The normalized spacial score (nSPS) is 22.8. The Kier molecular flexibility index (Phi) is 2.46. The lowest BCUT2D eigenvalue weighted by atomic mass is 9.88. The predicted molar refractivity (Wildman–Crippen MR) is 66.2 cm³/mol. The van der Waals surface area contributed by atoms with Gasteiger partial charge < -0.3 is 10.5 Å². The summed E-state index contributed by atoms with van der Waals surface area (Å²) in [5.74, 6) is 0.187. The first-order valence-electron chi connectivity index (χ1n) is 5.59. The lowest BCUT2D eigenvalue weighted by Gasteiger charge is -2.23. The average molecular weight is 258 g/mol. The number of thiophene rings is 1. The van der Waals surface area contributed by atoms with Crippen LogP contribution >= 0.6 is 11.3 Å². The first kappa shape index (κ1) is 11.1. The van der Waals surface area contributed by atoms with Crippen molar-refractivity contribution >= 4 is 17.1 Å². The quantitative estimate of drug-likeness (QED) is 0.837. The molecule has 3 rings (SSSR count). The predicted octanol–water partition coefficient (Wildman–Crippen LogP) is 2.17. The first-order chi connectivity index (χ1) is 8.72. The number of nitriles is 1. The van der Waals surface area contributed by atoms with E-state index in [1.165, 1.54) is 0 Å². The van der Waals surface area contributed by atoms with Gasteiger partial charge in [-0.15, -0.1) is 11.3 Å². The Morgan fingerprint density at radius 2 is 2.33 bits per heavy atom. The standard InChI is InChI=1S/C13H10N2O2S/c14-6-8-11(10-2-1-5-18-10)7-3-4-9(16)12(7)17-13(8)15/h1-2,5,11H,3-4,15H2/t11-/m1/s1. The second-order valence-corrected chi connectivity index (χ2v) is 5.20. The maximum absolute atomic E-state index is 11.7. The number of allylic oxidation sites excluding steroid dienone is 3. The van der Waals surface area contributed by atoms with Gasteiger partial charge in [0.2, 0.25) is 5.88 Å². The summed E-state index contributed by atoms with van der Waals surface area (Å²) in [7, 11) is 0. The highest BCUT2D eigenvalue weighted by Gasteiger charge is 2.39. The Bertz CT molecular complexity index is 620. The summed E-state index contributed by atoms with van der Waals surface area (Å²) in [6, 6.07) is 6.00. The molecule has 0 unspecified atom stereocenters. The number of nitrogens with zero attached hydrogens (tertiary/aromatic N) is 1. The van der Waals surface area contributed by atoms with E-state index >= 15 is 0 Å². The SMILES string of the molecule is N#CC1=C(N)OC2=C(CCC2=O)[C@H]1c1cccs1. The number of nitrogens with two attached hydrogens (primary N) is 1. The number of carbonyl (C=O) groups excluding carboxylic acids is 1. The van der Waals surface area contributed by atoms with Crippen molar-refractivity contribution in [3.8, 4) is 6.07 Å². The molecular formula is C13H10N2O2S. The highest BCUT2D eigenvalue weighted by Crippen LogP contribution is 2.45. The molecule has 90 valence electrons. The minimum Gasteiger partial charge on any atom is -0.437 e. The molecule has 1 aromatic heterocycles. The average Bonchev–Trinajstić information content (AvgIpc) is 2.99. The summed E-state index contributed by atoms with van der Waals surface area (Å²) in [5, 5.41) is 11.2. The molecule has 2 aliphatic rings. The van der Waals surface area contributed by atoms with Gasteiger partial charge in [-0.25, -0.2) is 0 Å². The van der Waals surface area contributed by atoms with Crippen LogP contribution in [0.3, 0.4) is 0 Å². The van der Waals surface area contributed by atoms with Crippen LogP contribution in [0.25, 0.3) is 0 Å². The number of ether oxygens (including phenoxy) is 1. The molecule has 1 aromatic rings. The minimum absolute atomic E-state index is 0.0218. The Labute approximate surface area is 108 Å². The fourth-order valence-electron chi connectivity index (χ4n) is 2.42. The first-order valence-corrected chi connectivity index (χ1v) is 6.47. The van der Waals surface area contributed by atoms with Crippen molar-refractivity contribution in [3.05, 3.63) is 45.2 Å². The van der Waals surface area contributed by atoms with Crippen LogP contribution in [0.15, 0.2) is 40.3 Å². The molecule has 2 N–H and O–H groups in total. The van der Waals surface area contributed by atoms with E-state index in [2.05, 4.69) is 6.07 Å². The van der Waals surface area contributed by atoms with Crippen LogP contribution in [0, 0.1) is 11.3 Å². The lowest BCUT2D eigenvalue weighted by molar-refractivity contribution is -0.117. The zero-order valence-electron chi connectivity index (χ0n) is 9.47. The summed E-state index contributed by atoms with van der Waals surface area (Å²) in [4.78, 5) is 12.8. The molecule has 2 heterocycles. The van der Waals surface area contributed by atoms with E-state index < -0.39 is 0 Å². The fourth-order valence-corrected chi connectivity index (χ4v) is 3.29. The topological polar surface area (TPSA) is 76.1 Å². The zero-order chi connectivity index (χ0) is 12.7. The molecule has 0 spiro atoms. The highest BCUT2D eigenvalue weighted by molar-refractivity contribution is 7.10. The molecule has 0 radical (unpaired) electrons. The minimum atomic E-state index is -0.204. The number of carbonyl (C=O) groups is 1. The van der Waals surface area contributed by atoms with Crippen molar-refractivity contribution in [3.63, 3.8) is 0 Å².